The van der Waals surface area contributed by atoms with Crippen molar-refractivity contribution in [1.82, 2.24) is 20.5 Å². The molecule has 1 unspecified atom stereocenters. The van der Waals surface area contributed by atoms with Crippen LogP contribution in [0.1, 0.15) is 29.9 Å². The molecule has 0 spiro atoms. The van der Waals surface area contributed by atoms with Crippen molar-refractivity contribution in [3.63, 3.8) is 0 Å². The summed E-state index contributed by atoms with van der Waals surface area (Å²) in [5.74, 6) is 0.515. The van der Waals surface area contributed by atoms with E-state index in [9.17, 15) is 0 Å². The van der Waals surface area contributed by atoms with E-state index in [1.807, 2.05) is 31.3 Å². The average Bonchev–Trinajstić information content (AvgIpc) is 2.46. The number of pyridine rings is 1. The molecule has 0 saturated carbocycles. The van der Waals surface area contributed by atoms with Crippen molar-refractivity contribution < 1.29 is 4.74 Å². The second-order valence-corrected chi connectivity index (χ2v) is 4.22. The van der Waals surface area contributed by atoms with Gasteiger partial charge >= 0.3 is 0 Å². The molecular formula is C14H18N4O. The van der Waals surface area contributed by atoms with E-state index < -0.39 is 0 Å². The van der Waals surface area contributed by atoms with Crippen molar-refractivity contribution in [2.75, 3.05) is 13.7 Å². The van der Waals surface area contributed by atoms with Crippen molar-refractivity contribution in [1.29, 1.82) is 0 Å². The molecule has 100 valence electrons. The molecule has 0 amide bonds. The lowest BCUT2D eigenvalue weighted by molar-refractivity contribution is 0.390. The van der Waals surface area contributed by atoms with Crippen LogP contribution in [0.4, 0.5) is 0 Å². The Morgan fingerprint density at radius 1 is 1.21 bits per heavy atom. The fourth-order valence-electron chi connectivity index (χ4n) is 1.84. The van der Waals surface area contributed by atoms with Crippen LogP contribution in [-0.2, 0) is 0 Å². The number of nitrogens with one attached hydrogen (secondary N) is 1. The minimum absolute atomic E-state index is 0.00324. The van der Waals surface area contributed by atoms with Crippen LogP contribution < -0.4 is 10.1 Å². The van der Waals surface area contributed by atoms with Crippen LogP contribution in [0, 0.1) is 6.92 Å². The maximum atomic E-state index is 5.02. The maximum absolute atomic E-state index is 5.02. The number of aromatic nitrogens is 3. The Bertz CT molecular complexity index is 510. The average molecular weight is 258 g/mol. The molecule has 1 atom stereocenters. The molecule has 2 aromatic rings. The largest absolute Gasteiger partial charge is 0.480 e. The van der Waals surface area contributed by atoms with Crippen molar-refractivity contribution >= 4 is 0 Å². The molecule has 0 aliphatic carbocycles. The SMILES string of the molecule is CCNC(c1ccc(C)nc1)c1ccc(OC)nn1. The van der Waals surface area contributed by atoms with Crippen LogP contribution in [0.5, 0.6) is 5.88 Å². The molecule has 0 fully saturated rings. The van der Waals surface area contributed by atoms with Crippen LogP contribution in [0.15, 0.2) is 30.5 Å². The smallest absolute Gasteiger partial charge is 0.233 e. The van der Waals surface area contributed by atoms with Crippen molar-refractivity contribution in [3.05, 3.63) is 47.4 Å². The minimum Gasteiger partial charge on any atom is -0.480 e. The molecule has 0 aliphatic heterocycles. The molecule has 0 bridgehead atoms. The minimum atomic E-state index is -0.00324. The lowest BCUT2D eigenvalue weighted by Gasteiger charge is -2.17. The number of hydrogen-bond acceptors (Lipinski definition) is 5. The third-order valence-corrected chi connectivity index (χ3v) is 2.84. The zero-order chi connectivity index (χ0) is 13.7. The number of hydrogen-bond donors (Lipinski definition) is 1. The quantitative estimate of drug-likeness (QED) is 0.887. The molecule has 5 nitrogen and oxygen atoms in total. The molecule has 5 heteroatoms. The van der Waals surface area contributed by atoms with Gasteiger partial charge in [0.1, 0.15) is 0 Å². The Labute approximate surface area is 113 Å². The van der Waals surface area contributed by atoms with Crippen molar-refractivity contribution in [3.8, 4) is 5.88 Å². The third kappa shape index (κ3) is 3.26. The fraction of sp³-hybridized carbons (Fsp3) is 0.357. The Hall–Kier alpha value is -2.01. The highest BCUT2D eigenvalue weighted by Gasteiger charge is 2.15. The van der Waals surface area contributed by atoms with Gasteiger partial charge in [-0.25, -0.2) is 0 Å². The fourth-order valence-corrected chi connectivity index (χ4v) is 1.84. The standard InChI is InChI=1S/C14H18N4O/c1-4-15-14(11-6-5-10(2)16-9-11)12-7-8-13(19-3)18-17-12/h5-9,14-15H,4H2,1-3H3. The molecule has 0 aliphatic rings. The normalized spacial score (nSPS) is 12.2. The van der Waals surface area contributed by atoms with Crippen LogP contribution in [0.3, 0.4) is 0 Å². The monoisotopic (exact) mass is 258 g/mol. The molecule has 2 heterocycles. The first-order valence-electron chi connectivity index (χ1n) is 6.28. The van der Waals surface area contributed by atoms with Gasteiger partial charge in [-0.2, -0.15) is 0 Å². The topological polar surface area (TPSA) is 59.9 Å². The van der Waals surface area contributed by atoms with Crippen LogP contribution in [-0.4, -0.2) is 28.8 Å². The summed E-state index contributed by atoms with van der Waals surface area (Å²) in [7, 11) is 1.58. The van der Waals surface area contributed by atoms with E-state index in [0.717, 1.165) is 23.5 Å². The second kappa shape index (κ2) is 6.24. The number of aryl methyl sites for hydroxylation is 1. The molecular weight excluding hydrogens is 240 g/mol. The summed E-state index contributed by atoms with van der Waals surface area (Å²) in [5.41, 5.74) is 2.93. The van der Waals surface area contributed by atoms with E-state index in [1.165, 1.54) is 0 Å². The van der Waals surface area contributed by atoms with Gasteiger partial charge in [-0.1, -0.05) is 13.0 Å². The summed E-state index contributed by atoms with van der Waals surface area (Å²) in [5, 5.41) is 11.6. The summed E-state index contributed by atoms with van der Waals surface area (Å²) in [4.78, 5) is 4.33. The maximum Gasteiger partial charge on any atom is 0.233 e. The van der Waals surface area contributed by atoms with E-state index >= 15 is 0 Å². The van der Waals surface area contributed by atoms with E-state index in [-0.39, 0.29) is 6.04 Å². The summed E-state index contributed by atoms with van der Waals surface area (Å²) >= 11 is 0. The van der Waals surface area contributed by atoms with Gasteiger partial charge in [0.15, 0.2) is 0 Å². The number of ether oxygens (including phenoxy) is 1. The lowest BCUT2D eigenvalue weighted by atomic mass is 10.1. The van der Waals surface area contributed by atoms with Crippen LogP contribution in [0.2, 0.25) is 0 Å². The molecule has 0 aromatic carbocycles. The second-order valence-electron chi connectivity index (χ2n) is 4.22. The van der Waals surface area contributed by atoms with Gasteiger partial charge in [0, 0.05) is 18.0 Å². The number of nitrogens with zero attached hydrogens (tertiary/aromatic N) is 3. The van der Waals surface area contributed by atoms with Crippen LogP contribution >= 0.6 is 0 Å². The van der Waals surface area contributed by atoms with E-state index in [4.69, 9.17) is 4.74 Å². The lowest BCUT2D eigenvalue weighted by Crippen LogP contribution is -2.23. The van der Waals surface area contributed by atoms with Gasteiger partial charge in [-0.3, -0.25) is 4.98 Å². The summed E-state index contributed by atoms with van der Waals surface area (Å²) < 4.78 is 5.02. The van der Waals surface area contributed by atoms with Gasteiger partial charge < -0.3 is 10.1 Å². The Kier molecular flexibility index (Phi) is 4.41. The van der Waals surface area contributed by atoms with Gasteiger partial charge in [-0.15, -0.1) is 10.2 Å². The zero-order valence-electron chi connectivity index (χ0n) is 11.4. The Morgan fingerprint density at radius 2 is 2.05 bits per heavy atom. The highest BCUT2D eigenvalue weighted by molar-refractivity contribution is 5.27. The molecule has 2 rings (SSSR count). The molecule has 2 aromatic heterocycles. The number of methoxy groups -OCH3 is 1. The van der Waals surface area contributed by atoms with Gasteiger partial charge in [-0.05, 0) is 31.2 Å². The van der Waals surface area contributed by atoms with Crippen molar-refractivity contribution in [2.45, 2.75) is 19.9 Å². The molecule has 1 N–H and O–H groups in total. The highest BCUT2D eigenvalue weighted by atomic mass is 16.5. The summed E-state index contributed by atoms with van der Waals surface area (Å²) in [6, 6.07) is 7.78. The van der Waals surface area contributed by atoms with Gasteiger partial charge in [0.05, 0.1) is 18.8 Å². The number of rotatable bonds is 5. The first-order chi connectivity index (χ1) is 9.24. The summed E-state index contributed by atoms with van der Waals surface area (Å²) in [6.45, 7) is 4.87. The van der Waals surface area contributed by atoms with E-state index in [1.54, 1.807) is 7.11 Å². The Morgan fingerprint density at radius 3 is 2.58 bits per heavy atom. The summed E-state index contributed by atoms with van der Waals surface area (Å²) in [6.07, 6.45) is 1.87. The third-order valence-electron chi connectivity index (χ3n) is 2.84. The molecule has 0 saturated heterocycles. The zero-order valence-corrected chi connectivity index (χ0v) is 11.4. The molecule has 0 radical (unpaired) electrons. The van der Waals surface area contributed by atoms with Crippen LogP contribution in [0.25, 0.3) is 0 Å². The van der Waals surface area contributed by atoms with Gasteiger partial charge in [0.25, 0.3) is 0 Å². The Balaban J connectivity index is 2.30. The highest BCUT2D eigenvalue weighted by Crippen LogP contribution is 2.20. The first-order valence-corrected chi connectivity index (χ1v) is 6.28. The predicted molar refractivity (Wildman–Crippen MR) is 73.1 cm³/mol. The van der Waals surface area contributed by atoms with Gasteiger partial charge in [0.2, 0.25) is 5.88 Å². The van der Waals surface area contributed by atoms with E-state index in [2.05, 4.69) is 33.5 Å². The van der Waals surface area contributed by atoms with E-state index in [0.29, 0.717) is 5.88 Å². The predicted octanol–water partition coefficient (Wildman–Crippen LogP) is 1.89. The first kappa shape index (κ1) is 13.4. The molecule has 19 heavy (non-hydrogen) atoms. The van der Waals surface area contributed by atoms with Crippen molar-refractivity contribution in [2.24, 2.45) is 0 Å².